The van der Waals surface area contributed by atoms with Gasteiger partial charge in [0.05, 0.1) is 7.11 Å². The highest BCUT2D eigenvalue weighted by Crippen LogP contribution is 2.20. The second-order valence-electron chi connectivity index (χ2n) is 7.13. The van der Waals surface area contributed by atoms with Gasteiger partial charge in [0.2, 0.25) is 0 Å². The van der Waals surface area contributed by atoms with Crippen LogP contribution in [0.3, 0.4) is 0 Å². The molecule has 1 heterocycles. The van der Waals surface area contributed by atoms with E-state index in [2.05, 4.69) is 51.6 Å². The zero-order chi connectivity index (χ0) is 19.8. The van der Waals surface area contributed by atoms with Gasteiger partial charge in [-0.05, 0) is 74.1 Å². The lowest BCUT2D eigenvalue weighted by Gasteiger charge is -2.36. The standard InChI is InChI=1S/C22H30N4OS/c1-18-5-3-6-19(17-18)24-22(28)23-11-4-12-25-13-15-26(16-14-25)20-7-9-21(27-2)10-8-20/h3,5-10,17H,4,11-16H2,1-2H3,(H2,23,24,28). The topological polar surface area (TPSA) is 39.8 Å². The molecule has 0 unspecified atom stereocenters. The summed E-state index contributed by atoms with van der Waals surface area (Å²) in [5.41, 5.74) is 3.53. The van der Waals surface area contributed by atoms with Crippen molar-refractivity contribution in [1.29, 1.82) is 0 Å². The van der Waals surface area contributed by atoms with Crippen LogP contribution in [0.25, 0.3) is 0 Å². The Kier molecular flexibility index (Phi) is 7.51. The number of hydrogen-bond acceptors (Lipinski definition) is 4. The highest BCUT2D eigenvalue weighted by Gasteiger charge is 2.16. The normalized spacial score (nSPS) is 14.6. The molecule has 0 aliphatic carbocycles. The molecule has 6 heteroatoms. The first-order chi connectivity index (χ1) is 13.6. The van der Waals surface area contributed by atoms with Crippen LogP contribution in [-0.2, 0) is 0 Å². The molecule has 150 valence electrons. The Morgan fingerprint density at radius 3 is 2.50 bits per heavy atom. The van der Waals surface area contributed by atoms with E-state index in [1.165, 1.54) is 11.3 Å². The maximum absolute atomic E-state index is 5.39. The molecule has 2 aromatic rings. The molecule has 1 saturated heterocycles. The lowest BCUT2D eigenvalue weighted by molar-refractivity contribution is 0.255. The molecule has 0 saturated carbocycles. The third-order valence-electron chi connectivity index (χ3n) is 5.02. The van der Waals surface area contributed by atoms with Crippen molar-refractivity contribution in [2.24, 2.45) is 0 Å². The maximum Gasteiger partial charge on any atom is 0.170 e. The molecular weight excluding hydrogens is 368 g/mol. The number of hydrogen-bond donors (Lipinski definition) is 2. The first kappa shape index (κ1) is 20.4. The summed E-state index contributed by atoms with van der Waals surface area (Å²) in [5.74, 6) is 0.907. The van der Waals surface area contributed by atoms with Crippen LogP contribution in [0, 0.1) is 6.92 Å². The molecule has 0 atom stereocenters. The third kappa shape index (κ3) is 6.11. The number of thiocarbonyl (C=S) groups is 1. The van der Waals surface area contributed by atoms with Gasteiger partial charge in [-0.15, -0.1) is 0 Å². The molecular formula is C22H30N4OS. The van der Waals surface area contributed by atoms with Gasteiger partial charge in [0.1, 0.15) is 5.75 Å². The number of anilines is 2. The van der Waals surface area contributed by atoms with Crippen molar-refractivity contribution in [3.63, 3.8) is 0 Å². The van der Waals surface area contributed by atoms with Crippen molar-refractivity contribution in [2.75, 3.05) is 56.6 Å². The van der Waals surface area contributed by atoms with Crippen LogP contribution in [-0.4, -0.2) is 56.4 Å². The summed E-state index contributed by atoms with van der Waals surface area (Å²) in [6.07, 6.45) is 1.08. The number of aryl methyl sites for hydroxylation is 1. The lowest BCUT2D eigenvalue weighted by atomic mass is 10.2. The number of methoxy groups -OCH3 is 1. The SMILES string of the molecule is COc1ccc(N2CCN(CCCNC(=S)Nc3cccc(C)c3)CC2)cc1. The van der Waals surface area contributed by atoms with Crippen LogP contribution in [0.15, 0.2) is 48.5 Å². The highest BCUT2D eigenvalue weighted by molar-refractivity contribution is 7.80. The molecule has 1 aliphatic heterocycles. The summed E-state index contributed by atoms with van der Waals surface area (Å²) in [4.78, 5) is 4.97. The zero-order valence-corrected chi connectivity index (χ0v) is 17.6. The predicted molar refractivity (Wildman–Crippen MR) is 122 cm³/mol. The van der Waals surface area contributed by atoms with E-state index in [1.54, 1.807) is 7.11 Å². The molecule has 1 fully saturated rings. The molecule has 1 aliphatic rings. The van der Waals surface area contributed by atoms with Gasteiger partial charge < -0.3 is 20.3 Å². The van der Waals surface area contributed by atoms with Gasteiger partial charge in [-0.1, -0.05) is 12.1 Å². The Balaban J connectivity index is 1.31. The summed E-state index contributed by atoms with van der Waals surface area (Å²) in [5, 5.41) is 7.24. The van der Waals surface area contributed by atoms with Crippen LogP contribution in [0.1, 0.15) is 12.0 Å². The number of piperazine rings is 1. The van der Waals surface area contributed by atoms with E-state index in [-0.39, 0.29) is 0 Å². The largest absolute Gasteiger partial charge is 0.497 e. The van der Waals surface area contributed by atoms with Crippen LogP contribution in [0.4, 0.5) is 11.4 Å². The molecule has 0 radical (unpaired) electrons. The van der Waals surface area contributed by atoms with Gasteiger partial charge in [0.15, 0.2) is 5.11 Å². The lowest BCUT2D eigenvalue weighted by Crippen LogP contribution is -2.47. The monoisotopic (exact) mass is 398 g/mol. The number of nitrogens with zero attached hydrogens (tertiary/aromatic N) is 2. The number of ether oxygens (including phenoxy) is 1. The molecule has 0 spiro atoms. The average Bonchev–Trinajstić information content (AvgIpc) is 2.72. The van der Waals surface area contributed by atoms with Crippen LogP contribution >= 0.6 is 12.2 Å². The van der Waals surface area contributed by atoms with Gasteiger partial charge in [-0.2, -0.15) is 0 Å². The Hall–Kier alpha value is -2.31. The Labute approximate surface area is 173 Å². The summed E-state index contributed by atoms with van der Waals surface area (Å²) in [7, 11) is 1.70. The van der Waals surface area contributed by atoms with E-state index in [1.807, 2.05) is 24.3 Å². The molecule has 0 amide bonds. The number of benzene rings is 2. The van der Waals surface area contributed by atoms with Gasteiger partial charge in [-0.3, -0.25) is 4.90 Å². The third-order valence-corrected chi connectivity index (χ3v) is 5.27. The molecule has 0 aromatic heterocycles. The van der Waals surface area contributed by atoms with Crippen LogP contribution in [0.2, 0.25) is 0 Å². The minimum Gasteiger partial charge on any atom is -0.497 e. The van der Waals surface area contributed by atoms with Gasteiger partial charge in [-0.25, -0.2) is 0 Å². The second kappa shape index (κ2) is 10.3. The molecule has 3 rings (SSSR count). The van der Waals surface area contributed by atoms with Crippen molar-refractivity contribution in [3.05, 3.63) is 54.1 Å². The van der Waals surface area contributed by atoms with Crippen LogP contribution < -0.4 is 20.3 Å². The average molecular weight is 399 g/mol. The maximum atomic E-state index is 5.39. The van der Waals surface area contributed by atoms with Crippen molar-refractivity contribution in [1.82, 2.24) is 10.2 Å². The first-order valence-electron chi connectivity index (χ1n) is 9.87. The Morgan fingerprint density at radius 1 is 1.07 bits per heavy atom. The molecule has 5 nitrogen and oxygen atoms in total. The van der Waals surface area contributed by atoms with E-state index in [0.717, 1.165) is 57.1 Å². The minimum absolute atomic E-state index is 0.690. The predicted octanol–water partition coefficient (Wildman–Crippen LogP) is 3.50. The van der Waals surface area contributed by atoms with E-state index in [4.69, 9.17) is 17.0 Å². The minimum atomic E-state index is 0.690. The van der Waals surface area contributed by atoms with Crippen molar-refractivity contribution >= 4 is 28.7 Å². The molecule has 2 aromatic carbocycles. The fourth-order valence-electron chi connectivity index (χ4n) is 3.43. The van der Waals surface area contributed by atoms with Crippen molar-refractivity contribution < 1.29 is 4.74 Å². The van der Waals surface area contributed by atoms with E-state index in [0.29, 0.717) is 5.11 Å². The second-order valence-corrected chi connectivity index (χ2v) is 7.54. The zero-order valence-electron chi connectivity index (χ0n) is 16.8. The Morgan fingerprint density at radius 2 is 1.82 bits per heavy atom. The van der Waals surface area contributed by atoms with Gasteiger partial charge in [0.25, 0.3) is 0 Å². The molecule has 28 heavy (non-hydrogen) atoms. The molecule has 2 N–H and O–H groups in total. The van der Waals surface area contributed by atoms with Gasteiger partial charge >= 0.3 is 0 Å². The van der Waals surface area contributed by atoms with Crippen molar-refractivity contribution in [2.45, 2.75) is 13.3 Å². The smallest absolute Gasteiger partial charge is 0.170 e. The number of nitrogens with one attached hydrogen (secondary N) is 2. The van der Waals surface area contributed by atoms with E-state index < -0.39 is 0 Å². The summed E-state index contributed by atoms with van der Waals surface area (Å²) in [6.45, 7) is 8.37. The molecule has 0 bridgehead atoms. The summed E-state index contributed by atoms with van der Waals surface area (Å²) >= 11 is 5.39. The number of rotatable bonds is 7. The Bertz CT molecular complexity index is 757. The van der Waals surface area contributed by atoms with E-state index in [9.17, 15) is 0 Å². The summed E-state index contributed by atoms with van der Waals surface area (Å²) in [6, 6.07) is 16.6. The van der Waals surface area contributed by atoms with Crippen molar-refractivity contribution in [3.8, 4) is 5.75 Å². The fourth-order valence-corrected chi connectivity index (χ4v) is 3.65. The quantitative estimate of drug-likeness (QED) is 0.549. The highest BCUT2D eigenvalue weighted by atomic mass is 32.1. The van der Waals surface area contributed by atoms with E-state index >= 15 is 0 Å². The van der Waals surface area contributed by atoms with Gasteiger partial charge in [0, 0.05) is 44.1 Å². The fraction of sp³-hybridized carbons (Fsp3) is 0.409. The van der Waals surface area contributed by atoms with Crippen LogP contribution in [0.5, 0.6) is 5.75 Å². The first-order valence-corrected chi connectivity index (χ1v) is 10.3. The summed E-state index contributed by atoms with van der Waals surface area (Å²) < 4.78 is 5.24.